The van der Waals surface area contributed by atoms with Crippen LogP contribution in [0, 0.1) is 19.2 Å². The first-order valence-electron chi connectivity index (χ1n) is 11.1. The molecule has 0 fully saturated rings. The Kier molecular flexibility index (Phi) is 2.71. The van der Waals surface area contributed by atoms with Crippen molar-refractivity contribution in [2.75, 3.05) is 0 Å². The van der Waals surface area contributed by atoms with Crippen molar-refractivity contribution in [3.63, 3.8) is 0 Å². The monoisotopic (exact) mass is 349 g/mol. The van der Waals surface area contributed by atoms with E-state index >= 15 is 0 Å². The standard InChI is InChI=1S/C23H24N2O/c1-14-13-24-20(11-17(14)12-23(3,4)5)16-7-9-21-19(10-16)18-8-6-15(2)25-22(18)26-21/h6-11,13H,12H2,1-5H3/i1D3,12D2. The molecule has 0 bridgehead atoms. The molecule has 3 aromatic heterocycles. The first kappa shape index (κ1) is 11.8. The van der Waals surface area contributed by atoms with E-state index in [4.69, 9.17) is 11.3 Å². The molecule has 0 aliphatic heterocycles. The van der Waals surface area contributed by atoms with Crippen LogP contribution in [0.15, 0.2) is 47.0 Å². The van der Waals surface area contributed by atoms with Crippen molar-refractivity contribution in [2.24, 2.45) is 5.41 Å². The van der Waals surface area contributed by atoms with Gasteiger partial charge in [0.05, 0.1) is 5.69 Å². The third kappa shape index (κ3) is 3.10. The summed E-state index contributed by atoms with van der Waals surface area (Å²) >= 11 is 0. The van der Waals surface area contributed by atoms with E-state index < -0.39 is 18.6 Å². The minimum Gasteiger partial charge on any atom is -0.438 e. The fraction of sp³-hybridized carbons (Fsp3) is 0.304. The topological polar surface area (TPSA) is 38.9 Å². The zero-order chi connectivity index (χ0) is 22.8. The maximum absolute atomic E-state index is 8.70. The number of aromatic nitrogens is 2. The smallest absolute Gasteiger partial charge is 0.227 e. The predicted octanol–water partition coefficient (Wildman–Crippen LogP) is 6.25. The summed E-state index contributed by atoms with van der Waals surface area (Å²) in [6.45, 7) is 4.71. The molecule has 0 N–H and O–H groups in total. The van der Waals surface area contributed by atoms with Crippen LogP contribution in [0.3, 0.4) is 0 Å². The Morgan fingerprint density at radius 3 is 2.73 bits per heavy atom. The Morgan fingerprint density at radius 2 is 1.96 bits per heavy atom. The van der Waals surface area contributed by atoms with E-state index in [9.17, 15) is 0 Å². The van der Waals surface area contributed by atoms with Gasteiger partial charge in [0, 0.05) is 35.1 Å². The molecule has 3 heteroatoms. The summed E-state index contributed by atoms with van der Waals surface area (Å²) < 4.78 is 46.9. The lowest BCUT2D eigenvalue weighted by Gasteiger charge is -2.20. The highest BCUT2D eigenvalue weighted by Gasteiger charge is 2.15. The van der Waals surface area contributed by atoms with Crippen LogP contribution in [-0.2, 0) is 6.37 Å². The number of aryl methyl sites for hydroxylation is 2. The molecule has 3 nitrogen and oxygen atoms in total. The fourth-order valence-electron chi connectivity index (χ4n) is 3.03. The molecule has 132 valence electrons. The minimum atomic E-state index is -2.46. The van der Waals surface area contributed by atoms with E-state index in [1.807, 2.05) is 37.3 Å². The van der Waals surface area contributed by atoms with Crippen molar-refractivity contribution in [3.05, 3.63) is 59.4 Å². The van der Waals surface area contributed by atoms with Crippen LogP contribution in [0.5, 0.6) is 0 Å². The lowest BCUT2D eigenvalue weighted by Crippen LogP contribution is -2.10. The Balaban J connectivity index is 1.93. The summed E-state index contributed by atoms with van der Waals surface area (Å²) in [5.74, 6) is 0. The quantitative estimate of drug-likeness (QED) is 0.429. The second kappa shape index (κ2) is 5.94. The van der Waals surface area contributed by atoms with Gasteiger partial charge in [0.2, 0.25) is 5.71 Å². The van der Waals surface area contributed by atoms with Crippen LogP contribution < -0.4 is 0 Å². The molecule has 4 aromatic rings. The van der Waals surface area contributed by atoms with E-state index in [0.717, 1.165) is 22.0 Å². The lowest BCUT2D eigenvalue weighted by molar-refractivity contribution is 0.410. The molecular formula is C23H24N2O. The van der Waals surface area contributed by atoms with Gasteiger partial charge < -0.3 is 4.42 Å². The number of benzene rings is 1. The average molecular weight is 349 g/mol. The summed E-state index contributed by atoms with van der Waals surface area (Å²) in [5, 5.41) is 1.76. The second-order valence-corrected chi connectivity index (χ2v) is 7.61. The van der Waals surface area contributed by atoms with Crippen molar-refractivity contribution in [1.82, 2.24) is 9.97 Å². The van der Waals surface area contributed by atoms with Gasteiger partial charge in [0.1, 0.15) is 5.58 Å². The van der Waals surface area contributed by atoms with Crippen LogP contribution >= 0.6 is 0 Å². The SMILES string of the molecule is [2H]C([2H])([2H])c1cnc(-c2ccc3oc4nc(C)ccc4c3c2)cc1C([2H])([2H])C(C)(C)C. The molecule has 0 spiro atoms. The van der Waals surface area contributed by atoms with Crippen molar-refractivity contribution in [3.8, 4) is 11.3 Å². The van der Waals surface area contributed by atoms with Gasteiger partial charge >= 0.3 is 0 Å². The molecule has 0 radical (unpaired) electrons. The van der Waals surface area contributed by atoms with Crippen molar-refractivity contribution < 1.29 is 11.3 Å². The summed E-state index contributed by atoms with van der Waals surface area (Å²) in [5.41, 5.74) is 2.64. The number of pyridine rings is 2. The van der Waals surface area contributed by atoms with E-state index in [-0.39, 0.29) is 11.1 Å². The van der Waals surface area contributed by atoms with Crippen LogP contribution in [0.4, 0.5) is 0 Å². The van der Waals surface area contributed by atoms with E-state index in [0.29, 0.717) is 17.0 Å². The van der Waals surface area contributed by atoms with Gasteiger partial charge in [0.15, 0.2) is 0 Å². The van der Waals surface area contributed by atoms with Crippen molar-refractivity contribution in [1.29, 1.82) is 0 Å². The third-order valence-electron chi connectivity index (χ3n) is 4.19. The molecule has 0 saturated carbocycles. The highest BCUT2D eigenvalue weighted by molar-refractivity contribution is 6.04. The summed E-state index contributed by atoms with van der Waals surface area (Å²) in [4.78, 5) is 8.82. The Labute approximate surface area is 161 Å². The highest BCUT2D eigenvalue weighted by atomic mass is 16.3. The Bertz CT molecular complexity index is 1300. The maximum atomic E-state index is 8.70. The van der Waals surface area contributed by atoms with Gasteiger partial charge in [-0.3, -0.25) is 4.98 Å². The molecule has 0 aliphatic rings. The average Bonchev–Trinajstić information content (AvgIpc) is 3.02. The minimum absolute atomic E-state index is 0.0642. The largest absolute Gasteiger partial charge is 0.438 e. The maximum Gasteiger partial charge on any atom is 0.227 e. The van der Waals surface area contributed by atoms with E-state index in [1.165, 1.54) is 6.20 Å². The molecule has 3 heterocycles. The summed E-state index contributed by atoms with van der Waals surface area (Å²) in [7, 11) is 0. The first-order valence-corrected chi connectivity index (χ1v) is 8.60. The van der Waals surface area contributed by atoms with Gasteiger partial charge in [-0.05, 0) is 73.1 Å². The molecule has 4 rings (SSSR count). The molecule has 0 saturated heterocycles. The van der Waals surface area contributed by atoms with Crippen molar-refractivity contribution >= 4 is 22.1 Å². The number of rotatable bonds is 2. The highest BCUT2D eigenvalue weighted by Crippen LogP contribution is 2.32. The number of furan rings is 1. The van der Waals surface area contributed by atoms with Crippen molar-refractivity contribution in [2.45, 2.75) is 40.9 Å². The van der Waals surface area contributed by atoms with Gasteiger partial charge in [-0.25, -0.2) is 4.98 Å². The van der Waals surface area contributed by atoms with Crippen LogP contribution in [0.25, 0.3) is 33.3 Å². The Morgan fingerprint density at radius 1 is 1.12 bits per heavy atom. The predicted molar refractivity (Wildman–Crippen MR) is 107 cm³/mol. The number of hydrogen-bond donors (Lipinski definition) is 0. The molecule has 0 unspecified atom stereocenters. The van der Waals surface area contributed by atoms with Gasteiger partial charge in [-0.15, -0.1) is 0 Å². The van der Waals surface area contributed by atoms with Crippen LogP contribution in [0.2, 0.25) is 0 Å². The summed E-state index contributed by atoms with van der Waals surface area (Å²) in [6.07, 6.45) is -0.591. The third-order valence-corrected chi connectivity index (χ3v) is 4.19. The molecule has 26 heavy (non-hydrogen) atoms. The lowest BCUT2D eigenvalue weighted by atomic mass is 9.86. The molecule has 0 aliphatic carbocycles. The second-order valence-electron chi connectivity index (χ2n) is 7.61. The van der Waals surface area contributed by atoms with E-state index in [2.05, 4.69) is 9.97 Å². The van der Waals surface area contributed by atoms with Gasteiger partial charge in [0.25, 0.3) is 0 Å². The fourth-order valence-corrected chi connectivity index (χ4v) is 3.03. The number of nitrogens with zero attached hydrogens (tertiary/aromatic N) is 2. The van der Waals surface area contributed by atoms with Gasteiger partial charge in [-0.2, -0.15) is 0 Å². The molecular weight excluding hydrogens is 320 g/mol. The normalized spacial score (nSPS) is 16.1. The van der Waals surface area contributed by atoms with E-state index in [1.54, 1.807) is 26.8 Å². The molecule has 1 aromatic carbocycles. The van der Waals surface area contributed by atoms with Gasteiger partial charge in [-0.1, -0.05) is 20.8 Å². The summed E-state index contributed by atoms with van der Waals surface area (Å²) in [6, 6.07) is 11.0. The number of hydrogen-bond acceptors (Lipinski definition) is 3. The van der Waals surface area contributed by atoms with Crippen LogP contribution in [-0.4, -0.2) is 9.97 Å². The molecule has 0 atom stereocenters. The van der Waals surface area contributed by atoms with Crippen LogP contribution in [0.1, 0.15) is 44.4 Å². The molecule has 0 amide bonds. The Hall–Kier alpha value is -2.68. The number of fused-ring (bicyclic) bond motifs is 3. The zero-order valence-corrected chi connectivity index (χ0v) is 15.3. The zero-order valence-electron chi connectivity index (χ0n) is 20.3. The first-order chi connectivity index (χ1) is 14.3.